The fourth-order valence-electron chi connectivity index (χ4n) is 1.32. The molecular formula is C11H17ClN2. The molecule has 2 unspecified atom stereocenters. The van der Waals surface area contributed by atoms with E-state index >= 15 is 0 Å². The van der Waals surface area contributed by atoms with Gasteiger partial charge < -0.3 is 11.5 Å². The van der Waals surface area contributed by atoms with E-state index < -0.39 is 0 Å². The lowest BCUT2D eigenvalue weighted by Crippen LogP contribution is -2.38. The Balaban J connectivity index is 2.78. The molecule has 2 nitrogen and oxygen atoms in total. The van der Waals surface area contributed by atoms with E-state index in [1.807, 2.05) is 24.3 Å². The van der Waals surface area contributed by atoms with Gasteiger partial charge in [-0.3, -0.25) is 0 Å². The molecule has 0 aliphatic carbocycles. The molecule has 0 radical (unpaired) electrons. The first-order chi connectivity index (χ1) is 6.52. The molecular weight excluding hydrogens is 196 g/mol. The Morgan fingerprint density at radius 3 is 2.00 bits per heavy atom. The second kappa shape index (κ2) is 4.78. The Morgan fingerprint density at radius 1 is 1.07 bits per heavy atom. The zero-order valence-electron chi connectivity index (χ0n) is 8.57. The van der Waals surface area contributed by atoms with Crippen molar-refractivity contribution < 1.29 is 0 Å². The van der Waals surface area contributed by atoms with E-state index in [0.717, 1.165) is 10.6 Å². The number of halogens is 1. The van der Waals surface area contributed by atoms with Crippen LogP contribution in [0.2, 0.25) is 5.02 Å². The van der Waals surface area contributed by atoms with Crippen molar-refractivity contribution >= 4 is 11.6 Å². The molecule has 0 amide bonds. The fraction of sp³-hybridized carbons (Fsp3) is 0.455. The second-order valence-electron chi connectivity index (χ2n) is 3.90. The third-order valence-corrected chi connectivity index (χ3v) is 2.69. The van der Waals surface area contributed by atoms with Crippen LogP contribution in [0, 0.1) is 5.92 Å². The summed E-state index contributed by atoms with van der Waals surface area (Å²) in [6.07, 6.45) is 0. The number of benzene rings is 1. The van der Waals surface area contributed by atoms with Gasteiger partial charge in [0, 0.05) is 17.1 Å². The third kappa shape index (κ3) is 2.71. The van der Waals surface area contributed by atoms with Crippen LogP contribution in [0.5, 0.6) is 0 Å². The van der Waals surface area contributed by atoms with Gasteiger partial charge in [0.15, 0.2) is 0 Å². The fourth-order valence-corrected chi connectivity index (χ4v) is 1.45. The predicted octanol–water partition coefficient (Wildman–Crippen LogP) is 2.32. The molecule has 0 saturated heterocycles. The Bertz CT molecular complexity index is 282. The van der Waals surface area contributed by atoms with Gasteiger partial charge in [0.05, 0.1) is 0 Å². The molecule has 1 aromatic rings. The molecule has 0 fully saturated rings. The van der Waals surface area contributed by atoms with Gasteiger partial charge in [-0.05, 0) is 23.6 Å². The average Bonchev–Trinajstić information content (AvgIpc) is 2.16. The van der Waals surface area contributed by atoms with E-state index in [2.05, 4.69) is 13.8 Å². The molecule has 0 spiro atoms. The van der Waals surface area contributed by atoms with Crippen molar-refractivity contribution in [3.8, 4) is 0 Å². The molecule has 1 aromatic carbocycles. The lowest BCUT2D eigenvalue weighted by Gasteiger charge is -2.23. The van der Waals surface area contributed by atoms with Gasteiger partial charge in [-0.2, -0.15) is 0 Å². The molecule has 78 valence electrons. The zero-order valence-corrected chi connectivity index (χ0v) is 9.33. The van der Waals surface area contributed by atoms with Crippen LogP contribution in [0.4, 0.5) is 0 Å². The van der Waals surface area contributed by atoms with Crippen LogP contribution in [0.25, 0.3) is 0 Å². The SMILES string of the molecule is CC(C)C(N)C(N)c1ccc(Cl)cc1. The van der Waals surface area contributed by atoms with Crippen LogP contribution < -0.4 is 11.5 Å². The Hall–Kier alpha value is -0.570. The molecule has 0 bridgehead atoms. The zero-order chi connectivity index (χ0) is 10.7. The van der Waals surface area contributed by atoms with E-state index in [4.69, 9.17) is 23.1 Å². The maximum atomic E-state index is 6.02. The third-order valence-electron chi connectivity index (χ3n) is 2.44. The van der Waals surface area contributed by atoms with Crippen LogP contribution in [-0.4, -0.2) is 6.04 Å². The maximum Gasteiger partial charge on any atom is 0.0451 e. The van der Waals surface area contributed by atoms with Gasteiger partial charge in [0.2, 0.25) is 0 Å². The van der Waals surface area contributed by atoms with Crippen molar-refractivity contribution in [3.05, 3.63) is 34.9 Å². The summed E-state index contributed by atoms with van der Waals surface area (Å²) in [5, 5.41) is 0.721. The van der Waals surface area contributed by atoms with Crippen LogP contribution in [-0.2, 0) is 0 Å². The summed E-state index contributed by atoms with van der Waals surface area (Å²) in [7, 11) is 0. The van der Waals surface area contributed by atoms with Gasteiger partial charge in [-0.15, -0.1) is 0 Å². The molecule has 0 saturated carbocycles. The summed E-state index contributed by atoms with van der Waals surface area (Å²) in [6.45, 7) is 4.14. The Labute approximate surface area is 90.2 Å². The average molecular weight is 213 g/mol. The van der Waals surface area contributed by atoms with Crippen LogP contribution in [0.3, 0.4) is 0 Å². The van der Waals surface area contributed by atoms with Gasteiger partial charge >= 0.3 is 0 Å². The highest BCUT2D eigenvalue weighted by atomic mass is 35.5. The molecule has 0 heterocycles. The number of rotatable bonds is 3. The first-order valence-electron chi connectivity index (χ1n) is 4.79. The summed E-state index contributed by atoms with van der Waals surface area (Å²) in [5.41, 5.74) is 13.0. The van der Waals surface area contributed by atoms with Gasteiger partial charge in [-0.25, -0.2) is 0 Å². The number of hydrogen-bond acceptors (Lipinski definition) is 2. The molecule has 0 aliphatic rings. The quantitative estimate of drug-likeness (QED) is 0.808. The monoisotopic (exact) mass is 212 g/mol. The second-order valence-corrected chi connectivity index (χ2v) is 4.34. The standard InChI is InChI=1S/C11H17ClN2/c1-7(2)10(13)11(14)8-3-5-9(12)6-4-8/h3-7,10-11H,13-14H2,1-2H3. The highest BCUT2D eigenvalue weighted by Gasteiger charge is 2.18. The van der Waals surface area contributed by atoms with E-state index in [0.29, 0.717) is 5.92 Å². The first kappa shape index (κ1) is 11.5. The van der Waals surface area contributed by atoms with E-state index in [1.165, 1.54) is 0 Å². The van der Waals surface area contributed by atoms with Crippen LogP contribution >= 0.6 is 11.6 Å². The molecule has 4 N–H and O–H groups in total. The maximum absolute atomic E-state index is 6.02. The minimum atomic E-state index is -0.118. The number of nitrogens with two attached hydrogens (primary N) is 2. The summed E-state index contributed by atoms with van der Waals surface area (Å²) in [4.78, 5) is 0. The van der Waals surface area contributed by atoms with Crippen molar-refractivity contribution in [3.63, 3.8) is 0 Å². The predicted molar refractivity (Wildman–Crippen MR) is 61.2 cm³/mol. The highest BCUT2D eigenvalue weighted by molar-refractivity contribution is 6.30. The highest BCUT2D eigenvalue weighted by Crippen LogP contribution is 2.19. The normalized spacial score (nSPS) is 15.6. The van der Waals surface area contributed by atoms with E-state index in [9.17, 15) is 0 Å². The lowest BCUT2D eigenvalue weighted by molar-refractivity contribution is 0.423. The summed E-state index contributed by atoms with van der Waals surface area (Å²) in [6, 6.07) is 7.39. The van der Waals surface area contributed by atoms with Gasteiger partial charge in [0.1, 0.15) is 0 Å². The number of hydrogen-bond donors (Lipinski definition) is 2. The van der Waals surface area contributed by atoms with Crippen LogP contribution in [0.15, 0.2) is 24.3 Å². The largest absolute Gasteiger partial charge is 0.326 e. The molecule has 3 heteroatoms. The topological polar surface area (TPSA) is 52.0 Å². The Morgan fingerprint density at radius 2 is 1.57 bits per heavy atom. The molecule has 2 atom stereocenters. The summed E-state index contributed by atoms with van der Waals surface area (Å²) < 4.78 is 0. The van der Waals surface area contributed by atoms with Crippen LogP contribution in [0.1, 0.15) is 25.5 Å². The van der Waals surface area contributed by atoms with E-state index in [-0.39, 0.29) is 12.1 Å². The summed E-state index contributed by atoms with van der Waals surface area (Å²) >= 11 is 5.79. The lowest BCUT2D eigenvalue weighted by atomic mass is 9.93. The molecule has 0 aliphatic heterocycles. The van der Waals surface area contributed by atoms with Crippen molar-refractivity contribution in [2.24, 2.45) is 17.4 Å². The molecule has 0 aromatic heterocycles. The molecule has 1 rings (SSSR count). The minimum Gasteiger partial charge on any atom is -0.326 e. The molecule has 14 heavy (non-hydrogen) atoms. The smallest absolute Gasteiger partial charge is 0.0451 e. The minimum absolute atomic E-state index is 0.0174. The van der Waals surface area contributed by atoms with E-state index in [1.54, 1.807) is 0 Å². The van der Waals surface area contributed by atoms with Gasteiger partial charge in [-0.1, -0.05) is 37.6 Å². The van der Waals surface area contributed by atoms with Gasteiger partial charge in [0.25, 0.3) is 0 Å². The van der Waals surface area contributed by atoms with Crippen molar-refractivity contribution in [1.82, 2.24) is 0 Å². The van der Waals surface area contributed by atoms with Crippen molar-refractivity contribution in [2.75, 3.05) is 0 Å². The van der Waals surface area contributed by atoms with Crippen molar-refractivity contribution in [2.45, 2.75) is 25.9 Å². The Kier molecular flexibility index (Phi) is 3.93. The van der Waals surface area contributed by atoms with Crippen molar-refractivity contribution in [1.29, 1.82) is 0 Å². The summed E-state index contributed by atoms with van der Waals surface area (Å²) in [5.74, 6) is 0.376. The first-order valence-corrected chi connectivity index (χ1v) is 5.17.